The number of nitrogens with one attached hydrogen (secondary N) is 1. The predicted molar refractivity (Wildman–Crippen MR) is 105 cm³/mol. The topological polar surface area (TPSA) is 66.5 Å². The molecule has 0 aliphatic heterocycles. The van der Waals surface area contributed by atoms with Crippen LogP contribution in [-0.4, -0.2) is 26.9 Å². The molecule has 2 aromatic rings. The van der Waals surface area contributed by atoms with Gasteiger partial charge in [0.2, 0.25) is 5.91 Å². The number of carbonyl (C=O) groups excluding carboxylic acids is 1. The van der Waals surface area contributed by atoms with Gasteiger partial charge in [-0.3, -0.25) is 9.10 Å². The first-order valence-electron chi connectivity index (χ1n) is 9.57. The third kappa shape index (κ3) is 3.63. The van der Waals surface area contributed by atoms with Crippen LogP contribution in [-0.2, 0) is 14.8 Å². The molecule has 1 N–H and O–H groups in total. The molecule has 2 aliphatic rings. The molecular weight excluding hydrogens is 379 g/mol. The van der Waals surface area contributed by atoms with Gasteiger partial charge in [0.25, 0.3) is 10.0 Å². The SMILES string of the molecule is O=C(CN(c1ccccc1F)S(=O)(=O)c1ccccc1)N[C@@H]1C[C@H]2CC[C@H]1C2. The maximum absolute atomic E-state index is 14.4. The number of fused-ring (bicyclic) bond motifs is 2. The lowest BCUT2D eigenvalue weighted by Crippen LogP contribution is -2.46. The third-order valence-electron chi connectivity index (χ3n) is 5.82. The Kier molecular flexibility index (Phi) is 5.10. The first kappa shape index (κ1) is 18.9. The molecule has 2 aromatic carbocycles. The van der Waals surface area contributed by atoms with E-state index < -0.39 is 28.3 Å². The van der Waals surface area contributed by atoms with E-state index in [2.05, 4.69) is 5.32 Å². The molecule has 2 fully saturated rings. The van der Waals surface area contributed by atoms with Gasteiger partial charge in [0.1, 0.15) is 12.4 Å². The molecule has 0 radical (unpaired) electrons. The van der Waals surface area contributed by atoms with Crippen molar-refractivity contribution in [1.82, 2.24) is 5.32 Å². The first-order chi connectivity index (χ1) is 13.4. The average molecular weight is 402 g/mol. The van der Waals surface area contributed by atoms with E-state index in [4.69, 9.17) is 0 Å². The van der Waals surface area contributed by atoms with Crippen LogP contribution in [0.2, 0.25) is 0 Å². The van der Waals surface area contributed by atoms with Crippen molar-refractivity contribution in [3.8, 4) is 0 Å². The van der Waals surface area contributed by atoms with Gasteiger partial charge >= 0.3 is 0 Å². The summed E-state index contributed by atoms with van der Waals surface area (Å²) in [6, 6.07) is 13.5. The Morgan fingerprint density at radius 3 is 2.39 bits per heavy atom. The molecule has 1 amide bonds. The highest BCUT2D eigenvalue weighted by molar-refractivity contribution is 7.92. The molecule has 3 atom stereocenters. The summed E-state index contributed by atoms with van der Waals surface area (Å²) < 4.78 is 41.6. The van der Waals surface area contributed by atoms with Crippen LogP contribution in [0.1, 0.15) is 25.7 Å². The summed E-state index contributed by atoms with van der Waals surface area (Å²) >= 11 is 0. The minimum absolute atomic E-state index is 0.0194. The van der Waals surface area contributed by atoms with Crippen molar-refractivity contribution in [3.63, 3.8) is 0 Å². The highest BCUT2D eigenvalue weighted by atomic mass is 32.2. The number of carbonyl (C=O) groups is 1. The van der Waals surface area contributed by atoms with Gasteiger partial charge in [-0.15, -0.1) is 0 Å². The highest BCUT2D eigenvalue weighted by Gasteiger charge is 2.40. The van der Waals surface area contributed by atoms with Gasteiger partial charge in [0.15, 0.2) is 0 Å². The molecule has 4 rings (SSSR count). The Bertz CT molecular complexity index is 965. The van der Waals surface area contributed by atoms with Crippen LogP contribution in [0.3, 0.4) is 0 Å². The fraction of sp³-hybridized carbons (Fsp3) is 0.381. The average Bonchev–Trinajstić information content (AvgIpc) is 3.30. The lowest BCUT2D eigenvalue weighted by molar-refractivity contribution is -0.120. The molecule has 148 valence electrons. The third-order valence-corrected chi connectivity index (χ3v) is 7.60. The number of benzene rings is 2. The second-order valence-electron chi connectivity index (χ2n) is 7.63. The zero-order valence-electron chi connectivity index (χ0n) is 15.4. The standard InChI is InChI=1S/C21H23FN2O3S/c22-18-8-4-5-9-20(18)24(28(26,27)17-6-2-1-3-7-17)14-21(25)23-19-13-15-10-11-16(19)12-15/h1-9,15-16,19H,10-14H2,(H,23,25)/t15-,16-,19+/m0/s1. The van der Waals surface area contributed by atoms with E-state index in [1.807, 2.05) is 0 Å². The Morgan fingerprint density at radius 1 is 1.04 bits per heavy atom. The zero-order valence-corrected chi connectivity index (χ0v) is 16.2. The number of hydrogen-bond donors (Lipinski definition) is 1. The Labute approximate surface area is 164 Å². The fourth-order valence-electron chi connectivity index (χ4n) is 4.48. The van der Waals surface area contributed by atoms with E-state index in [1.165, 1.54) is 36.8 Å². The van der Waals surface area contributed by atoms with Crippen LogP contribution in [0.5, 0.6) is 0 Å². The van der Waals surface area contributed by atoms with Crippen LogP contribution < -0.4 is 9.62 Å². The Morgan fingerprint density at radius 2 is 1.75 bits per heavy atom. The second kappa shape index (κ2) is 7.54. The summed E-state index contributed by atoms with van der Waals surface area (Å²) in [6.45, 7) is -0.452. The number of hydrogen-bond acceptors (Lipinski definition) is 3. The number of rotatable bonds is 6. The number of para-hydroxylation sites is 1. The van der Waals surface area contributed by atoms with Gasteiger partial charge in [0.05, 0.1) is 10.6 Å². The normalized spacial score (nSPS) is 23.5. The number of halogens is 1. The molecular formula is C21H23FN2O3S. The molecule has 5 nitrogen and oxygen atoms in total. The molecule has 2 bridgehead atoms. The second-order valence-corrected chi connectivity index (χ2v) is 9.49. The smallest absolute Gasteiger partial charge is 0.264 e. The largest absolute Gasteiger partial charge is 0.352 e. The van der Waals surface area contributed by atoms with E-state index in [1.54, 1.807) is 24.3 Å². The molecule has 7 heteroatoms. The van der Waals surface area contributed by atoms with Crippen molar-refractivity contribution in [1.29, 1.82) is 0 Å². The summed E-state index contributed by atoms with van der Waals surface area (Å²) in [6.07, 6.45) is 4.39. The van der Waals surface area contributed by atoms with Crippen molar-refractivity contribution in [2.24, 2.45) is 11.8 Å². The summed E-state index contributed by atoms with van der Waals surface area (Å²) in [5, 5.41) is 2.99. The summed E-state index contributed by atoms with van der Waals surface area (Å²) in [5.74, 6) is 0.0441. The molecule has 0 spiro atoms. The molecule has 0 aromatic heterocycles. The van der Waals surface area contributed by atoms with Gasteiger partial charge in [-0.25, -0.2) is 12.8 Å². The number of anilines is 1. The van der Waals surface area contributed by atoms with Crippen molar-refractivity contribution in [3.05, 3.63) is 60.4 Å². The Hall–Kier alpha value is -2.41. The van der Waals surface area contributed by atoms with Crippen LogP contribution in [0.4, 0.5) is 10.1 Å². The van der Waals surface area contributed by atoms with Crippen molar-refractivity contribution in [2.75, 3.05) is 10.8 Å². The minimum Gasteiger partial charge on any atom is -0.352 e. The maximum Gasteiger partial charge on any atom is 0.264 e. The van der Waals surface area contributed by atoms with Gasteiger partial charge < -0.3 is 5.32 Å². The van der Waals surface area contributed by atoms with Crippen molar-refractivity contribution >= 4 is 21.6 Å². The minimum atomic E-state index is -4.08. The van der Waals surface area contributed by atoms with Crippen LogP contribution >= 0.6 is 0 Å². The van der Waals surface area contributed by atoms with E-state index >= 15 is 0 Å². The first-order valence-corrected chi connectivity index (χ1v) is 11.0. The van der Waals surface area contributed by atoms with Gasteiger partial charge in [-0.05, 0) is 55.4 Å². The summed E-state index contributed by atoms with van der Waals surface area (Å²) in [7, 11) is -4.08. The van der Waals surface area contributed by atoms with E-state index in [-0.39, 0.29) is 16.6 Å². The molecule has 0 unspecified atom stereocenters. The number of sulfonamides is 1. The highest BCUT2D eigenvalue weighted by Crippen LogP contribution is 2.44. The predicted octanol–water partition coefficient (Wildman–Crippen LogP) is 3.33. The van der Waals surface area contributed by atoms with Crippen LogP contribution in [0.15, 0.2) is 59.5 Å². The van der Waals surface area contributed by atoms with E-state index in [0.29, 0.717) is 11.8 Å². The molecule has 2 saturated carbocycles. The van der Waals surface area contributed by atoms with Crippen LogP contribution in [0, 0.1) is 17.7 Å². The van der Waals surface area contributed by atoms with Gasteiger partial charge in [-0.2, -0.15) is 0 Å². The molecule has 0 saturated heterocycles. The monoisotopic (exact) mass is 402 g/mol. The lowest BCUT2D eigenvalue weighted by atomic mass is 9.95. The Balaban J connectivity index is 1.60. The van der Waals surface area contributed by atoms with Crippen molar-refractivity contribution in [2.45, 2.75) is 36.6 Å². The van der Waals surface area contributed by atoms with Crippen LogP contribution in [0.25, 0.3) is 0 Å². The summed E-state index contributed by atoms with van der Waals surface area (Å²) in [4.78, 5) is 12.7. The zero-order chi connectivity index (χ0) is 19.7. The maximum atomic E-state index is 14.4. The molecule has 2 aliphatic carbocycles. The van der Waals surface area contributed by atoms with E-state index in [0.717, 1.165) is 23.6 Å². The van der Waals surface area contributed by atoms with E-state index in [9.17, 15) is 17.6 Å². The number of amides is 1. The molecule has 0 heterocycles. The van der Waals surface area contributed by atoms with Gasteiger partial charge in [0, 0.05) is 6.04 Å². The number of nitrogens with zero attached hydrogens (tertiary/aromatic N) is 1. The van der Waals surface area contributed by atoms with Crippen molar-refractivity contribution < 1.29 is 17.6 Å². The lowest BCUT2D eigenvalue weighted by Gasteiger charge is -2.27. The molecule has 28 heavy (non-hydrogen) atoms. The quantitative estimate of drug-likeness (QED) is 0.806. The fourth-order valence-corrected chi connectivity index (χ4v) is 5.93. The van der Waals surface area contributed by atoms with Gasteiger partial charge in [-0.1, -0.05) is 36.8 Å². The summed E-state index contributed by atoms with van der Waals surface area (Å²) in [5.41, 5.74) is -0.130.